The summed E-state index contributed by atoms with van der Waals surface area (Å²) >= 11 is 5.14. The molecule has 0 aliphatic carbocycles. The maximum absolute atomic E-state index is 5.64. The summed E-state index contributed by atoms with van der Waals surface area (Å²) in [5, 5.41) is 6.79. The van der Waals surface area contributed by atoms with E-state index in [9.17, 15) is 0 Å². The van der Waals surface area contributed by atoms with Gasteiger partial charge in [-0.15, -0.1) is 0 Å². The van der Waals surface area contributed by atoms with E-state index in [-0.39, 0.29) is 0 Å². The van der Waals surface area contributed by atoms with Crippen LogP contribution in [-0.2, 0) is 6.54 Å². The standard InChI is InChI=1S/C14H20N4O2S/c1-4-7-20-12-6-5-11(8-13(12)19-3)9-15-18-10(2)16-17-14(18)21/h5-6,8,15H,4,7,9H2,1-3H3,(H,17,21). The molecule has 0 fully saturated rings. The number of nitrogens with zero attached hydrogens (tertiary/aromatic N) is 2. The molecule has 0 radical (unpaired) electrons. The van der Waals surface area contributed by atoms with E-state index in [1.54, 1.807) is 11.8 Å². The van der Waals surface area contributed by atoms with Crippen LogP contribution in [0.25, 0.3) is 0 Å². The quantitative estimate of drug-likeness (QED) is 0.770. The van der Waals surface area contributed by atoms with Crippen LogP contribution >= 0.6 is 12.2 Å². The first kappa shape index (κ1) is 15.4. The van der Waals surface area contributed by atoms with Gasteiger partial charge in [0, 0.05) is 0 Å². The number of aromatic nitrogens is 3. The minimum Gasteiger partial charge on any atom is -0.493 e. The molecular formula is C14H20N4O2S. The zero-order valence-corrected chi connectivity index (χ0v) is 13.3. The van der Waals surface area contributed by atoms with Crippen LogP contribution in [0.2, 0.25) is 0 Å². The van der Waals surface area contributed by atoms with Crippen molar-refractivity contribution in [2.75, 3.05) is 19.1 Å². The van der Waals surface area contributed by atoms with E-state index in [0.717, 1.165) is 29.3 Å². The molecule has 0 saturated carbocycles. The SMILES string of the molecule is CCCOc1ccc(CNn2c(C)n[nH]c2=S)cc1OC. The molecular weight excluding hydrogens is 288 g/mol. The maximum Gasteiger partial charge on any atom is 0.214 e. The summed E-state index contributed by atoms with van der Waals surface area (Å²) in [5.41, 5.74) is 4.28. The number of hydrogen-bond donors (Lipinski definition) is 2. The first-order chi connectivity index (χ1) is 10.2. The molecule has 0 aliphatic heterocycles. The van der Waals surface area contributed by atoms with Crippen LogP contribution in [0.3, 0.4) is 0 Å². The van der Waals surface area contributed by atoms with Crippen molar-refractivity contribution in [2.45, 2.75) is 26.8 Å². The van der Waals surface area contributed by atoms with Gasteiger partial charge in [0.25, 0.3) is 0 Å². The average Bonchev–Trinajstić information content (AvgIpc) is 2.82. The number of nitrogens with one attached hydrogen (secondary N) is 2. The third-order valence-corrected chi connectivity index (χ3v) is 3.24. The monoisotopic (exact) mass is 308 g/mol. The highest BCUT2D eigenvalue weighted by atomic mass is 32.1. The van der Waals surface area contributed by atoms with Gasteiger partial charge in [-0.25, -0.2) is 4.68 Å². The van der Waals surface area contributed by atoms with E-state index in [2.05, 4.69) is 22.5 Å². The summed E-state index contributed by atoms with van der Waals surface area (Å²) in [6.45, 7) is 5.24. The van der Waals surface area contributed by atoms with Crippen molar-refractivity contribution >= 4 is 12.2 Å². The first-order valence-electron chi connectivity index (χ1n) is 6.83. The Kier molecular flexibility index (Phi) is 5.21. The summed E-state index contributed by atoms with van der Waals surface area (Å²) in [6.07, 6.45) is 0.963. The second kappa shape index (κ2) is 7.12. The number of benzene rings is 1. The smallest absolute Gasteiger partial charge is 0.214 e. The molecule has 0 saturated heterocycles. The molecule has 1 heterocycles. The highest BCUT2D eigenvalue weighted by Crippen LogP contribution is 2.28. The van der Waals surface area contributed by atoms with Gasteiger partial charge in [-0.05, 0) is 43.3 Å². The fourth-order valence-corrected chi connectivity index (χ4v) is 2.13. The van der Waals surface area contributed by atoms with Crippen LogP contribution in [0, 0.1) is 11.7 Å². The van der Waals surface area contributed by atoms with Crippen molar-refractivity contribution in [1.29, 1.82) is 0 Å². The lowest BCUT2D eigenvalue weighted by Crippen LogP contribution is -2.16. The molecule has 2 aromatic rings. The lowest BCUT2D eigenvalue weighted by molar-refractivity contribution is 0.294. The Labute approximate surface area is 129 Å². The van der Waals surface area contributed by atoms with Gasteiger partial charge in [0.2, 0.25) is 4.77 Å². The molecule has 0 spiro atoms. The van der Waals surface area contributed by atoms with Crippen LogP contribution in [0.15, 0.2) is 18.2 Å². The molecule has 0 amide bonds. The van der Waals surface area contributed by atoms with Gasteiger partial charge in [0.15, 0.2) is 11.5 Å². The van der Waals surface area contributed by atoms with Gasteiger partial charge < -0.3 is 14.9 Å². The topological polar surface area (TPSA) is 64.1 Å². The molecule has 6 nitrogen and oxygen atoms in total. The number of aromatic amines is 1. The molecule has 21 heavy (non-hydrogen) atoms. The minimum atomic E-state index is 0.544. The zero-order valence-electron chi connectivity index (χ0n) is 12.5. The average molecular weight is 308 g/mol. The lowest BCUT2D eigenvalue weighted by atomic mass is 10.2. The van der Waals surface area contributed by atoms with E-state index in [4.69, 9.17) is 21.7 Å². The Bertz CT molecular complexity index is 651. The van der Waals surface area contributed by atoms with Crippen molar-refractivity contribution in [3.05, 3.63) is 34.4 Å². The Morgan fingerprint density at radius 3 is 2.81 bits per heavy atom. The molecule has 114 valence electrons. The highest BCUT2D eigenvalue weighted by Gasteiger charge is 2.06. The fraction of sp³-hybridized carbons (Fsp3) is 0.429. The van der Waals surface area contributed by atoms with E-state index in [0.29, 0.717) is 17.9 Å². The Hall–Kier alpha value is -2.02. The van der Waals surface area contributed by atoms with E-state index in [1.165, 1.54) is 0 Å². The number of H-pyrrole nitrogens is 1. The van der Waals surface area contributed by atoms with Crippen molar-refractivity contribution in [3.8, 4) is 11.5 Å². The van der Waals surface area contributed by atoms with Crippen LogP contribution in [0.5, 0.6) is 11.5 Å². The summed E-state index contributed by atoms with van der Waals surface area (Å²) in [7, 11) is 1.64. The highest BCUT2D eigenvalue weighted by molar-refractivity contribution is 7.71. The summed E-state index contributed by atoms with van der Waals surface area (Å²) < 4.78 is 13.3. The second-order valence-electron chi connectivity index (χ2n) is 4.58. The van der Waals surface area contributed by atoms with Gasteiger partial charge >= 0.3 is 0 Å². The minimum absolute atomic E-state index is 0.544. The number of ether oxygens (including phenoxy) is 2. The molecule has 0 unspecified atom stereocenters. The summed E-state index contributed by atoms with van der Waals surface area (Å²) in [4.78, 5) is 0. The predicted molar refractivity (Wildman–Crippen MR) is 84.0 cm³/mol. The molecule has 1 aromatic carbocycles. The largest absolute Gasteiger partial charge is 0.493 e. The number of rotatable bonds is 7. The fourth-order valence-electron chi connectivity index (χ4n) is 1.89. The third-order valence-electron chi connectivity index (χ3n) is 2.97. The van der Waals surface area contributed by atoms with E-state index >= 15 is 0 Å². The van der Waals surface area contributed by atoms with Gasteiger partial charge in [-0.2, -0.15) is 5.10 Å². The molecule has 0 atom stereocenters. The van der Waals surface area contributed by atoms with Crippen LogP contribution in [-0.4, -0.2) is 28.6 Å². The Morgan fingerprint density at radius 1 is 1.38 bits per heavy atom. The van der Waals surface area contributed by atoms with Crippen LogP contribution < -0.4 is 14.9 Å². The summed E-state index contributed by atoms with van der Waals surface area (Å²) in [6, 6.07) is 5.88. The molecule has 0 bridgehead atoms. The molecule has 2 N–H and O–H groups in total. The van der Waals surface area contributed by atoms with Crippen molar-refractivity contribution in [2.24, 2.45) is 0 Å². The second-order valence-corrected chi connectivity index (χ2v) is 4.97. The van der Waals surface area contributed by atoms with Crippen molar-refractivity contribution in [3.63, 3.8) is 0 Å². The number of methoxy groups -OCH3 is 1. The molecule has 0 aliphatic rings. The van der Waals surface area contributed by atoms with Gasteiger partial charge in [0.1, 0.15) is 5.82 Å². The summed E-state index contributed by atoms with van der Waals surface area (Å²) in [5.74, 6) is 2.28. The zero-order chi connectivity index (χ0) is 15.2. The molecule has 7 heteroatoms. The van der Waals surface area contributed by atoms with Crippen LogP contribution in [0.4, 0.5) is 0 Å². The van der Waals surface area contributed by atoms with E-state index in [1.807, 2.05) is 25.1 Å². The normalized spacial score (nSPS) is 10.4. The van der Waals surface area contributed by atoms with Crippen molar-refractivity contribution in [1.82, 2.24) is 14.9 Å². The van der Waals surface area contributed by atoms with Crippen molar-refractivity contribution < 1.29 is 9.47 Å². The van der Waals surface area contributed by atoms with E-state index < -0.39 is 0 Å². The van der Waals surface area contributed by atoms with Gasteiger partial charge in [-0.1, -0.05) is 13.0 Å². The predicted octanol–water partition coefficient (Wildman–Crippen LogP) is 2.79. The Balaban J connectivity index is 2.09. The number of hydrogen-bond acceptors (Lipinski definition) is 5. The van der Waals surface area contributed by atoms with Gasteiger partial charge in [-0.3, -0.25) is 5.10 Å². The van der Waals surface area contributed by atoms with Gasteiger partial charge in [0.05, 0.1) is 20.3 Å². The Morgan fingerprint density at radius 2 is 2.19 bits per heavy atom. The molecule has 1 aromatic heterocycles. The third kappa shape index (κ3) is 3.75. The number of aryl methyl sites for hydroxylation is 1. The first-order valence-corrected chi connectivity index (χ1v) is 7.24. The maximum atomic E-state index is 5.64. The van der Waals surface area contributed by atoms with Crippen LogP contribution in [0.1, 0.15) is 24.7 Å². The lowest BCUT2D eigenvalue weighted by Gasteiger charge is -2.13. The molecule has 2 rings (SSSR count).